The van der Waals surface area contributed by atoms with Crippen LogP contribution >= 0.6 is 0 Å². The number of benzene rings is 1. The number of carbonyl (C=O) groups is 1. The first-order valence-electron chi connectivity index (χ1n) is 13.6. The van der Waals surface area contributed by atoms with Gasteiger partial charge in [0.2, 0.25) is 0 Å². The van der Waals surface area contributed by atoms with E-state index in [1.165, 1.54) is 83.5 Å². The van der Waals surface area contributed by atoms with Crippen molar-refractivity contribution in [3.8, 4) is 5.75 Å². The molecule has 0 atom stereocenters. The SMILES string of the molecule is COCCCNC(=O)c1ccccc1OCCCCCCCCCCCCCCCC(C)C. The Morgan fingerprint density at radius 1 is 0.758 bits per heavy atom. The lowest BCUT2D eigenvalue weighted by atomic mass is 10.0. The lowest BCUT2D eigenvalue weighted by molar-refractivity contribution is 0.0944. The Balaban J connectivity index is 1.97. The van der Waals surface area contributed by atoms with Crippen LogP contribution in [0.4, 0.5) is 0 Å². The molecule has 4 nitrogen and oxygen atoms in total. The molecule has 0 unspecified atom stereocenters. The maximum absolute atomic E-state index is 12.4. The van der Waals surface area contributed by atoms with Crippen LogP contribution in [-0.2, 0) is 4.74 Å². The topological polar surface area (TPSA) is 47.6 Å². The van der Waals surface area contributed by atoms with Crippen LogP contribution in [-0.4, -0.2) is 32.8 Å². The van der Waals surface area contributed by atoms with E-state index in [1.54, 1.807) is 7.11 Å². The predicted molar refractivity (Wildman–Crippen MR) is 140 cm³/mol. The summed E-state index contributed by atoms with van der Waals surface area (Å²) in [5.41, 5.74) is 0.616. The largest absolute Gasteiger partial charge is 0.493 e. The van der Waals surface area contributed by atoms with Crippen LogP contribution in [0, 0.1) is 5.92 Å². The molecule has 4 heteroatoms. The van der Waals surface area contributed by atoms with E-state index in [2.05, 4.69) is 19.2 Å². The Kier molecular flexibility index (Phi) is 18.8. The third-order valence-corrected chi connectivity index (χ3v) is 6.13. The van der Waals surface area contributed by atoms with E-state index in [-0.39, 0.29) is 5.91 Å². The zero-order chi connectivity index (χ0) is 24.0. The average molecular weight is 462 g/mol. The molecule has 1 amide bonds. The number of hydrogen-bond acceptors (Lipinski definition) is 3. The summed E-state index contributed by atoms with van der Waals surface area (Å²) in [6.45, 7) is 6.58. The van der Waals surface area contributed by atoms with E-state index in [0.717, 1.165) is 18.8 Å². The zero-order valence-corrected chi connectivity index (χ0v) is 21.8. The summed E-state index contributed by atoms with van der Waals surface area (Å²) in [6, 6.07) is 7.51. The molecule has 0 bridgehead atoms. The molecule has 1 aromatic carbocycles. The molecule has 0 aromatic heterocycles. The summed E-state index contributed by atoms with van der Waals surface area (Å²) >= 11 is 0. The van der Waals surface area contributed by atoms with Crippen LogP contribution in [0.3, 0.4) is 0 Å². The number of nitrogens with one attached hydrogen (secondary N) is 1. The van der Waals surface area contributed by atoms with Crippen LogP contribution in [0.1, 0.15) is 121 Å². The molecule has 0 saturated carbocycles. The molecule has 0 aliphatic rings. The molecule has 0 saturated heterocycles. The Labute approximate surface area is 204 Å². The molecule has 1 N–H and O–H groups in total. The predicted octanol–water partition coefficient (Wildman–Crippen LogP) is 7.95. The van der Waals surface area contributed by atoms with Crippen molar-refractivity contribution < 1.29 is 14.3 Å². The number of rotatable bonds is 22. The van der Waals surface area contributed by atoms with E-state index in [0.29, 0.717) is 31.1 Å². The van der Waals surface area contributed by atoms with E-state index >= 15 is 0 Å². The van der Waals surface area contributed by atoms with E-state index in [4.69, 9.17) is 9.47 Å². The van der Waals surface area contributed by atoms with Crippen molar-refractivity contribution >= 4 is 5.91 Å². The Hall–Kier alpha value is -1.55. The minimum atomic E-state index is -0.0761. The monoisotopic (exact) mass is 461 g/mol. The number of hydrogen-bond donors (Lipinski definition) is 1. The second-order valence-corrected chi connectivity index (χ2v) is 9.73. The van der Waals surface area contributed by atoms with Crippen molar-refractivity contribution in [3.05, 3.63) is 29.8 Å². The van der Waals surface area contributed by atoms with Gasteiger partial charge >= 0.3 is 0 Å². The molecule has 1 aromatic rings. The molecule has 0 heterocycles. The van der Waals surface area contributed by atoms with Crippen molar-refractivity contribution in [1.29, 1.82) is 0 Å². The summed E-state index contributed by atoms with van der Waals surface area (Å²) in [7, 11) is 1.67. The van der Waals surface area contributed by atoms with Gasteiger partial charge in [0.1, 0.15) is 5.75 Å². The summed E-state index contributed by atoms with van der Waals surface area (Å²) in [5.74, 6) is 1.47. The summed E-state index contributed by atoms with van der Waals surface area (Å²) in [5, 5.41) is 2.93. The molecular formula is C29H51NO3. The van der Waals surface area contributed by atoms with Gasteiger partial charge in [0, 0.05) is 20.3 Å². The van der Waals surface area contributed by atoms with Gasteiger partial charge in [-0.25, -0.2) is 0 Å². The van der Waals surface area contributed by atoms with Gasteiger partial charge in [-0.3, -0.25) is 4.79 Å². The fourth-order valence-electron chi connectivity index (χ4n) is 4.08. The van der Waals surface area contributed by atoms with Gasteiger partial charge in [-0.05, 0) is 30.9 Å². The number of methoxy groups -OCH3 is 1. The lowest BCUT2D eigenvalue weighted by Gasteiger charge is -2.11. The van der Waals surface area contributed by atoms with Crippen molar-refractivity contribution in [2.45, 2.75) is 110 Å². The summed E-state index contributed by atoms with van der Waals surface area (Å²) in [4.78, 5) is 12.4. The quantitative estimate of drug-likeness (QED) is 0.178. The smallest absolute Gasteiger partial charge is 0.255 e. The number of amides is 1. The second kappa shape index (κ2) is 21.0. The van der Waals surface area contributed by atoms with Gasteiger partial charge in [-0.1, -0.05) is 109 Å². The van der Waals surface area contributed by atoms with Gasteiger partial charge in [-0.2, -0.15) is 0 Å². The van der Waals surface area contributed by atoms with Gasteiger partial charge in [0.25, 0.3) is 5.91 Å². The average Bonchev–Trinajstić information content (AvgIpc) is 2.81. The molecule has 0 spiro atoms. The molecule has 33 heavy (non-hydrogen) atoms. The molecular weight excluding hydrogens is 410 g/mol. The molecule has 0 aliphatic heterocycles. The standard InChI is InChI=1S/C29H51NO3/c1-26(2)20-15-13-11-9-7-5-4-6-8-10-12-14-18-25-33-28-22-17-16-21-27(28)29(31)30-23-19-24-32-3/h16-17,21-22,26H,4-15,18-20,23-25H2,1-3H3,(H,30,31). The first-order valence-corrected chi connectivity index (χ1v) is 13.6. The van der Waals surface area contributed by atoms with Crippen molar-refractivity contribution in [2.24, 2.45) is 5.92 Å². The number of carbonyl (C=O) groups excluding carboxylic acids is 1. The number of para-hydroxylation sites is 1. The van der Waals surface area contributed by atoms with Crippen molar-refractivity contribution in [2.75, 3.05) is 26.9 Å². The first kappa shape index (κ1) is 29.5. The Morgan fingerprint density at radius 2 is 1.30 bits per heavy atom. The van der Waals surface area contributed by atoms with Crippen LogP contribution in [0.25, 0.3) is 0 Å². The van der Waals surface area contributed by atoms with E-state index in [9.17, 15) is 4.79 Å². The van der Waals surface area contributed by atoms with Gasteiger partial charge in [0.15, 0.2) is 0 Å². The third-order valence-electron chi connectivity index (χ3n) is 6.13. The highest BCUT2D eigenvalue weighted by Gasteiger charge is 2.11. The number of unbranched alkanes of at least 4 members (excludes halogenated alkanes) is 12. The molecule has 190 valence electrons. The van der Waals surface area contributed by atoms with Crippen molar-refractivity contribution in [1.82, 2.24) is 5.32 Å². The van der Waals surface area contributed by atoms with Gasteiger partial charge < -0.3 is 14.8 Å². The highest BCUT2D eigenvalue weighted by Crippen LogP contribution is 2.19. The van der Waals surface area contributed by atoms with Gasteiger partial charge in [-0.15, -0.1) is 0 Å². The highest BCUT2D eigenvalue weighted by molar-refractivity contribution is 5.96. The Bertz CT molecular complexity index is 588. The first-order chi connectivity index (χ1) is 16.1. The second-order valence-electron chi connectivity index (χ2n) is 9.73. The van der Waals surface area contributed by atoms with E-state index < -0.39 is 0 Å². The van der Waals surface area contributed by atoms with Crippen LogP contribution in [0.5, 0.6) is 5.75 Å². The van der Waals surface area contributed by atoms with Crippen LogP contribution < -0.4 is 10.1 Å². The number of ether oxygens (including phenoxy) is 2. The third kappa shape index (κ3) is 16.7. The van der Waals surface area contributed by atoms with Crippen LogP contribution in [0.15, 0.2) is 24.3 Å². The van der Waals surface area contributed by atoms with Crippen LogP contribution in [0.2, 0.25) is 0 Å². The lowest BCUT2D eigenvalue weighted by Crippen LogP contribution is -2.25. The fraction of sp³-hybridized carbons (Fsp3) is 0.759. The highest BCUT2D eigenvalue weighted by atomic mass is 16.5. The maximum atomic E-state index is 12.4. The molecule has 0 radical (unpaired) electrons. The fourth-order valence-corrected chi connectivity index (χ4v) is 4.08. The maximum Gasteiger partial charge on any atom is 0.255 e. The normalized spacial score (nSPS) is 11.2. The molecule has 1 rings (SSSR count). The Morgan fingerprint density at radius 3 is 1.88 bits per heavy atom. The zero-order valence-electron chi connectivity index (χ0n) is 21.8. The molecule has 0 fully saturated rings. The minimum Gasteiger partial charge on any atom is -0.493 e. The van der Waals surface area contributed by atoms with E-state index in [1.807, 2.05) is 24.3 Å². The minimum absolute atomic E-state index is 0.0761. The summed E-state index contributed by atoms with van der Waals surface area (Å²) < 4.78 is 10.9. The van der Waals surface area contributed by atoms with Gasteiger partial charge in [0.05, 0.1) is 12.2 Å². The summed E-state index contributed by atoms with van der Waals surface area (Å²) in [6.07, 6.45) is 19.7. The van der Waals surface area contributed by atoms with Crippen molar-refractivity contribution in [3.63, 3.8) is 0 Å². The molecule has 0 aliphatic carbocycles.